The number of carbonyl (C=O) groups excluding carboxylic acids is 1. The largest absolute Gasteiger partial charge is 0.443 e. The van der Waals surface area contributed by atoms with Crippen molar-refractivity contribution in [2.24, 2.45) is 19.3 Å². The summed E-state index contributed by atoms with van der Waals surface area (Å²) in [4.78, 5) is 56.3. The molecule has 4 heterocycles. The summed E-state index contributed by atoms with van der Waals surface area (Å²) in [5.41, 5.74) is 3.14. The topological polar surface area (TPSA) is 128 Å². The maximum Gasteiger partial charge on any atom is 0.419 e. The van der Waals surface area contributed by atoms with Crippen molar-refractivity contribution in [2.45, 2.75) is 39.3 Å². The van der Waals surface area contributed by atoms with E-state index < -0.39 is 22.9 Å². The zero-order chi connectivity index (χ0) is 36.2. The Morgan fingerprint density at radius 3 is 2.43 bits per heavy atom. The Bertz CT molecular complexity index is 2550. The van der Waals surface area contributed by atoms with Gasteiger partial charge in [-0.25, -0.2) is 19.1 Å². The minimum atomic E-state index is -0.801. The van der Waals surface area contributed by atoms with Gasteiger partial charge in [0.25, 0.3) is 5.56 Å². The van der Waals surface area contributed by atoms with E-state index in [2.05, 4.69) is 10.1 Å². The van der Waals surface area contributed by atoms with E-state index in [-0.39, 0.29) is 24.3 Å². The Hall–Kier alpha value is -5.46. The molecule has 1 aliphatic rings. The summed E-state index contributed by atoms with van der Waals surface area (Å²) < 4.78 is 11.0. The molecule has 0 unspecified atom stereocenters. The van der Waals surface area contributed by atoms with Gasteiger partial charge in [-0.05, 0) is 80.3 Å². The van der Waals surface area contributed by atoms with Gasteiger partial charge < -0.3 is 14.1 Å². The predicted molar refractivity (Wildman–Crippen MR) is 197 cm³/mol. The van der Waals surface area contributed by atoms with Crippen LogP contribution < -0.4 is 11.2 Å². The molecule has 0 atom stereocenters. The van der Waals surface area contributed by atoms with Crippen LogP contribution in [0.5, 0.6) is 0 Å². The first-order valence-corrected chi connectivity index (χ1v) is 16.8. The van der Waals surface area contributed by atoms with Crippen molar-refractivity contribution in [3.05, 3.63) is 132 Å². The van der Waals surface area contributed by atoms with E-state index in [0.717, 1.165) is 21.3 Å². The first kappa shape index (κ1) is 34.0. The predicted octanol–water partition coefficient (Wildman–Crippen LogP) is 6.33. The summed E-state index contributed by atoms with van der Waals surface area (Å²) in [6.45, 7) is 5.22. The molecule has 0 N–H and O–H groups in total. The minimum absolute atomic E-state index is 0.149. The fourth-order valence-corrected chi connectivity index (χ4v) is 6.72. The normalized spacial score (nSPS) is 13.2. The number of aryl methyl sites for hydroxylation is 2. The number of fused-ring (bicyclic) bond motifs is 3. The van der Waals surface area contributed by atoms with Gasteiger partial charge in [0.2, 0.25) is 0 Å². The number of carbonyl (C=O) groups is 1. The Morgan fingerprint density at radius 1 is 0.980 bits per heavy atom. The number of hydrogen-bond acceptors (Lipinski definition) is 8. The average Bonchev–Trinajstić information content (AvgIpc) is 3.78. The van der Waals surface area contributed by atoms with Crippen LogP contribution in [-0.4, -0.2) is 52.2 Å². The molecule has 0 spiro atoms. The smallest absolute Gasteiger partial charge is 0.419 e. The number of oxime groups is 1. The van der Waals surface area contributed by atoms with Gasteiger partial charge in [-0.3, -0.25) is 18.9 Å². The van der Waals surface area contributed by atoms with E-state index in [1.54, 1.807) is 81.2 Å². The minimum Gasteiger partial charge on any atom is -0.443 e. The van der Waals surface area contributed by atoms with Crippen LogP contribution in [0.1, 0.15) is 49.0 Å². The van der Waals surface area contributed by atoms with Crippen molar-refractivity contribution >= 4 is 63.1 Å². The number of ether oxygens (including phenoxy) is 1. The Morgan fingerprint density at radius 2 is 1.71 bits per heavy atom. The van der Waals surface area contributed by atoms with Crippen molar-refractivity contribution in [2.75, 3.05) is 6.61 Å². The maximum atomic E-state index is 14.3. The number of halogens is 2. The van der Waals surface area contributed by atoms with Gasteiger partial charge in [0.05, 0.1) is 17.8 Å². The van der Waals surface area contributed by atoms with Gasteiger partial charge in [0, 0.05) is 47.5 Å². The van der Waals surface area contributed by atoms with Gasteiger partial charge in [-0.1, -0.05) is 52.6 Å². The SMILES string of the molecule is Cn1c(/C(=N/OCC2=Cc3c(Cl)cccc3C2)c2ccncc2)nc2c1c(=O)n(Cc1cc3c(Cl)cccc3n1C(=O)OC(C)(C)C)c(=O)n2C. The summed E-state index contributed by atoms with van der Waals surface area (Å²) in [7, 11) is 3.21. The summed E-state index contributed by atoms with van der Waals surface area (Å²) in [5.74, 6) is 0.294. The van der Waals surface area contributed by atoms with Crippen molar-refractivity contribution in [3.8, 4) is 0 Å². The molecule has 14 heteroatoms. The van der Waals surface area contributed by atoms with Gasteiger partial charge in [0.1, 0.15) is 12.2 Å². The van der Waals surface area contributed by atoms with Crippen LogP contribution in [0.15, 0.2) is 87.3 Å². The number of nitrogens with zero attached hydrogens (tertiary/aromatic N) is 7. The van der Waals surface area contributed by atoms with Crippen molar-refractivity contribution in [1.29, 1.82) is 0 Å². The second-order valence-corrected chi connectivity index (χ2v) is 14.1. The molecule has 6 aromatic rings. The third kappa shape index (κ3) is 6.25. The Balaban J connectivity index is 1.30. The van der Waals surface area contributed by atoms with E-state index >= 15 is 0 Å². The second kappa shape index (κ2) is 13.0. The summed E-state index contributed by atoms with van der Waals surface area (Å²) >= 11 is 12.9. The third-order valence-corrected chi connectivity index (χ3v) is 9.26. The Kier molecular flexibility index (Phi) is 8.68. The monoisotopic (exact) mass is 725 g/mol. The van der Waals surface area contributed by atoms with Crippen LogP contribution in [0.3, 0.4) is 0 Å². The molecule has 1 aliphatic carbocycles. The summed E-state index contributed by atoms with van der Waals surface area (Å²) in [5, 5.41) is 6.16. The lowest BCUT2D eigenvalue weighted by molar-refractivity contribution is 0.0539. The zero-order valence-corrected chi connectivity index (χ0v) is 30.0. The molecule has 0 bridgehead atoms. The highest BCUT2D eigenvalue weighted by Crippen LogP contribution is 2.31. The molecular weight excluding hydrogens is 693 g/mol. The lowest BCUT2D eigenvalue weighted by Crippen LogP contribution is -2.40. The number of aromatic nitrogens is 6. The van der Waals surface area contributed by atoms with Crippen molar-refractivity contribution in [1.82, 2.24) is 28.2 Å². The summed E-state index contributed by atoms with van der Waals surface area (Å²) in [6, 6.07) is 16.1. The van der Waals surface area contributed by atoms with E-state index in [9.17, 15) is 14.4 Å². The summed E-state index contributed by atoms with van der Waals surface area (Å²) in [6.07, 6.45) is 5.25. The van der Waals surface area contributed by atoms with E-state index in [1.807, 2.05) is 24.3 Å². The molecular formula is C37H33Cl2N7O5. The molecule has 0 aliphatic heterocycles. The van der Waals surface area contributed by atoms with E-state index in [0.29, 0.717) is 50.2 Å². The average molecular weight is 727 g/mol. The van der Waals surface area contributed by atoms with E-state index in [4.69, 9.17) is 37.8 Å². The molecule has 12 nitrogen and oxygen atoms in total. The third-order valence-electron chi connectivity index (χ3n) is 8.61. The quantitative estimate of drug-likeness (QED) is 0.139. The fraction of sp³-hybridized carbons (Fsp3) is 0.243. The molecule has 0 radical (unpaired) electrons. The molecule has 260 valence electrons. The molecule has 0 amide bonds. The van der Waals surface area contributed by atoms with E-state index in [1.165, 1.54) is 16.2 Å². The van der Waals surface area contributed by atoms with Crippen LogP contribution in [0, 0.1) is 0 Å². The van der Waals surface area contributed by atoms with Gasteiger partial charge >= 0.3 is 11.8 Å². The molecule has 7 rings (SSSR count). The zero-order valence-electron chi connectivity index (χ0n) is 28.5. The van der Waals surface area contributed by atoms with Crippen LogP contribution >= 0.6 is 23.2 Å². The van der Waals surface area contributed by atoms with Crippen LogP contribution in [0.2, 0.25) is 10.0 Å². The van der Waals surface area contributed by atoms with Crippen LogP contribution in [0.25, 0.3) is 28.1 Å². The Labute approximate surface area is 301 Å². The lowest BCUT2D eigenvalue weighted by Gasteiger charge is -2.21. The first-order valence-electron chi connectivity index (χ1n) is 16.1. The number of hydrogen-bond donors (Lipinski definition) is 0. The number of imidazole rings is 1. The molecule has 51 heavy (non-hydrogen) atoms. The van der Waals surface area contributed by atoms with Gasteiger partial charge in [-0.15, -0.1) is 0 Å². The highest BCUT2D eigenvalue weighted by atomic mass is 35.5. The highest BCUT2D eigenvalue weighted by Gasteiger charge is 2.27. The van der Waals surface area contributed by atoms with Crippen molar-refractivity contribution < 1.29 is 14.4 Å². The lowest BCUT2D eigenvalue weighted by atomic mass is 10.1. The standard InChI is InChI=1S/C37H33Cl2N7O5/c1-37(2,3)51-36(49)46-24(18-26-28(39)10-7-11-29(26)46)19-45-34(47)31-33(44(5)35(45)48)41-32(43(31)4)30(22-12-14-40-15-13-22)42-50-20-21-16-23-8-6-9-27(38)25(23)17-21/h6-15,17-18H,16,19-20H2,1-5H3/b42-30+. The van der Waals surface area contributed by atoms with Crippen molar-refractivity contribution in [3.63, 3.8) is 0 Å². The number of rotatable bonds is 7. The molecule has 2 aromatic carbocycles. The fourth-order valence-electron chi connectivity index (χ4n) is 6.25. The molecule has 0 saturated heterocycles. The van der Waals surface area contributed by atoms with Gasteiger partial charge in [-0.2, -0.15) is 0 Å². The highest BCUT2D eigenvalue weighted by molar-refractivity contribution is 6.35. The number of benzene rings is 2. The molecule has 0 saturated carbocycles. The van der Waals surface area contributed by atoms with Crippen LogP contribution in [0.4, 0.5) is 4.79 Å². The van der Waals surface area contributed by atoms with Gasteiger partial charge in [0.15, 0.2) is 22.7 Å². The van der Waals surface area contributed by atoms with Crippen LogP contribution in [-0.2, 0) is 36.6 Å². The number of pyridine rings is 1. The molecule has 0 fully saturated rings. The first-order chi connectivity index (χ1) is 24.3. The maximum absolute atomic E-state index is 14.3. The second-order valence-electron chi connectivity index (χ2n) is 13.3. The molecule has 4 aromatic heterocycles.